The minimum Gasteiger partial charge on any atom is -0.469 e. The molecule has 0 saturated carbocycles. The fourth-order valence-electron chi connectivity index (χ4n) is 1.97. The molecule has 0 fully saturated rings. The molecule has 1 aromatic heterocycles. The van der Waals surface area contributed by atoms with Crippen LogP contribution in [-0.4, -0.2) is 25.5 Å². The highest BCUT2D eigenvalue weighted by atomic mass is 32.1. The Bertz CT molecular complexity index is 722. The Balaban J connectivity index is 1.83. The Kier molecular flexibility index (Phi) is 6.69. The van der Waals surface area contributed by atoms with Gasteiger partial charge in [-0.2, -0.15) is 0 Å². The van der Waals surface area contributed by atoms with Crippen LogP contribution in [0.2, 0.25) is 0 Å². The van der Waals surface area contributed by atoms with Crippen molar-refractivity contribution >= 4 is 29.3 Å². The Hall–Kier alpha value is -2.47. The van der Waals surface area contributed by atoms with Crippen molar-refractivity contribution in [1.29, 1.82) is 0 Å². The minimum absolute atomic E-state index is 0.211. The molecule has 2 rings (SSSR count). The summed E-state index contributed by atoms with van der Waals surface area (Å²) in [5.41, 5.74) is 0.938. The molecule has 0 unspecified atom stereocenters. The van der Waals surface area contributed by atoms with Gasteiger partial charge in [-0.15, -0.1) is 11.3 Å². The van der Waals surface area contributed by atoms with Crippen molar-refractivity contribution in [3.63, 3.8) is 0 Å². The summed E-state index contributed by atoms with van der Waals surface area (Å²) < 4.78 is 17.5. The van der Waals surface area contributed by atoms with E-state index in [9.17, 15) is 14.0 Å². The summed E-state index contributed by atoms with van der Waals surface area (Å²) in [7, 11) is 1.34. The van der Waals surface area contributed by atoms with Crippen LogP contribution in [0.3, 0.4) is 0 Å². The maximum Gasteiger partial charge on any atom is 0.305 e. The lowest BCUT2D eigenvalue weighted by Gasteiger charge is -2.01. The van der Waals surface area contributed by atoms with E-state index in [0.29, 0.717) is 13.0 Å². The monoisotopic (exact) mass is 347 g/mol. The maximum atomic E-state index is 12.9. The number of thiophene rings is 1. The van der Waals surface area contributed by atoms with Gasteiger partial charge in [0, 0.05) is 28.8 Å². The van der Waals surface area contributed by atoms with Crippen LogP contribution in [0.4, 0.5) is 4.39 Å². The molecule has 0 bridgehead atoms. The predicted octanol–water partition coefficient (Wildman–Crippen LogP) is 3.64. The second-order valence-corrected chi connectivity index (χ2v) is 6.13. The number of carbonyl (C=O) groups is 2. The van der Waals surface area contributed by atoms with Crippen molar-refractivity contribution in [2.45, 2.75) is 12.8 Å². The van der Waals surface area contributed by atoms with Gasteiger partial charge in [0.05, 0.1) is 7.11 Å². The highest BCUT2D eigenvalue weighted by Crippen LogP contribution is 2.28. The molecule has 1 N–H and O–H groups in total. The lowest BCUT2D eigenvalue weighted by atomic mass is 10.2. The van der Waals surface area contributed by atoms with Gasteiger partial charge in [0.1, 0.15) is 5.82 Å². The van der Waals surface area contributed by atoms with Crippen molar-refractivity contribution in [1.82, 2.24) is 5.32 Å². The Morgan fingerprint density at radius 1 is 1.21 bits per heavy atom. The number of hydrogen-bond acceptors (Lipinski definition) is 4. The molecule has 0 spiro atoms. The highest BCUT2D eigenvalue weighted by Gasteiger charge is 2.03. The van der Waals surface area contributed by atoms with Crippen molar-refractivity contribution in [2.75, 3.05) is 13.7 Å². The summed E-state index contributed by atoms with van der Waals surface area (Å²) in [6.07, 6.45) is 4.01. The lowest BCUT2D eigenvalue weighted by Crippen LogP contribution is -2.22. The van der Waals surface area contributed by atoms with E-state index in [1.807, 2.05) is 12.1 Å². The standard InChI is InChI=1S/C18H18FNO3S/c1-23-18(22)3-2-12-20-17(21)11-9-15-8-10-16(24-15)13-4-6-14(19)7-5-13/h4-11H,2-3,12H2,1H3,(H,20,21)/b11-9+. The van der Waals surface area contributed by atoms with Gasteiger partial charge in [0.2, 0.25) is 5.91 Å². The van der Waals surface area contributed by atoms with E-state index >= 15 is 0 Å². The van der Waals surface area contributed by atoms with Crippen molar-refractivity contribution in [3.05, 3.63) is 53.2 Å². The third-order valence-corrected chi connectivity index (χ3v) is 4.34. The average Bonchev–Trinajstić information content (AvgIpc) is 3.06. The van der Waals surface area contributed by atoms with Crippen LogP contribution < -0.4 is 5.32 Å². The molecule has 24 heavy (non-hydrogen) atoms. The fraction of sp³-hybridized carbons (Fsp3) is 0.222. The third kappa shape index (κ3) is 5.62. The first-order valence-corrected chi connectivity index (χ1v) is 8.28. The predicted molar refractivity (Wildman–Crippen MR) is 93.0 cm³/mol. The van der Waals surface area contributed by atoms with E-state index in [0.717, 1.165) is 15.3 Å². The van der Waals surface area contributed by atoms with Crippen LogP contribution >= 0.6 is 11.3 Å². The molecular formula is C18H18FNO3S. The number of amides is 1. The van der Waals surface area contributed by atoms with Gasteiger partial charge in [-0.3, -0.25) is 9.59 Å². The topological polar surface area (TPSA) is 55.4 Å². The molecular weight excluding hydrogens is 329 g/mol. The molecule has 126 valence electrons. The summed E-state index contributed by atoms with van der Waals surface area (Å²) in [5.74, 6) is -0.761. The SMILES string of the molecule is COC(=O)CCCNC(=O)/C=C/c1ccc(-c2ccc(F)cc2)s1. The van der Waals surface area contributed by atoms with Crippen LogP contribution in [0.25, 0.3) is 16.5 Å². The van der Waals surface area contributed by atoms with Crippen LogP contribution in [0, 0.1) is 5.82 Å². The lowest BCUT2D eigenvalue weighted by molar-refractivity contribution is -0.140. The van der Waals surface area contributed by atoms with E-state index in [-0.39, 0.29) is 24.1 Å². The van der Waals surface area contributed by atoms with Gasteiger partial charge >= 0.3 is 5.97 Å². The first-order valence-electron chi connectivity index (χ1n) is 7.47. The normalized spacial score (nSPS) is 10.8. The second kappa shape index (κ2) is 8.98. The quantitative estimate of drug-likeness (QED) is 0.473. The molecule has 0 aliphatic rings. The van der Waals surface area contributed by atoms with Crippen molar-refractivity contribution in [3.8, 4) is 10.4 Å². The molecule has 0 radical (unpaired) electrons. The zero-order valence-corrected chi connectivity index (χ0v) is 14.1. The van der Waals surface area contributed by atoms with Gasteiger partial charge in [-0.25, -0.2) is 4.39 Å². The summed E-state index contributed by atoms with van der Waals surface area (Å²) in [5, 5.41) is 2.71. The number of nitrogens with one attached hydrogen (secondary N) is 1. The molecule has 1 amide bonds. The Morgan fingerprint density at radius 3 is 2.67 bits per heavy atom. The zero-order chi connectivity index (χ0) is 17.4. The third-order valence-electron chi connectivity index (χ3n) is 3.24. The van der Waals surface area contributed by atoms with Gasteiger partial charge in [0.25, 0.3) is 0 Å². The number of methoxy groups -OCH3 is 1. The first-order chi connectivity index (χ1) is 11.6. The minimum atomic E-state index is -0.285. The van der Waals surface area contributed by atoms with Gasteiger partial charge in [-0.1, -0.05) is 12.1 Å². The van der Waals surface area contributed by atoms with Crippen molar-refractivity contribution < 1.29 is 18.7 Å². The summed E-state index contributed by atoms with van der Waals surface area (Å²) >= 11 is 1.52. The number of esters is 1. The molecule has 0 aliphatic carbocycles. The number of halogens is 1. The molecule has 6 heteroatoms. The van der Waals surface area contributed by atoms with Crippen LogP contribution in [-0.2, 0) is 14.3 Å². The van der Waals surface area contributed by atoms with Gasteiger partial charge < -0.3 is 10.1 Å². The smallest absolute Gasteiger partial charge is 0.305 e. The van der Waals surface area contributed by atoms with Gasteiger partial charge in [0.15, 0.2) is 0 Å². The molecule has 2 aromatic rings. The van der Waals surface area contributed by atoms with E-state index in [2.05, 4.69) is 10.1 Å². The van der Waals surface area contributed by atoms with E-state index in [1.165, 1.54) is 36.7 Å². The van der Waals surface area contributed by atoms with E-state index in [1.54, 1.807) is 18.2 Å². The fourth-order valence-corrected chi connectivity index (χ4v) is 2.89. The molecule has 1 heterocycles. The first kappa shape index (κ1) is 17.9. The number of rotatable bonds is 7. The number of ether oxygens (including phenoxy) is 1. The second-order valence-electron chi connectivity index (χ2n) is 5.01. The molecule has 0 atom stereocenters. The molecule has 4 nitrogen and oxygen atoms in total. The zero-order valence-electron chi connectivity index (χ0n) is 13.3. The van der Waals surface area contributed by atoms with E-state index < -0.39 is 0 Å². The maximum absolute atomic E-state index is 12.9. The number of carbonyl (C=O) groups excluding carboxylic acids is 2. The van der Waals surface area contributed by atoms with Gasteiger partial charge in [-0.05, 0) is 42.3 Å². The number of hydrogen-bond donors (Lipinski definition) is 1. The summed E-state index contributed by atoms with van der Waals surface area (Å²) in [6, 6.07) is 10.1. The Labute approximate surface area is 144 Å². The largest absolute Gasteiger partial charge is 0.469 e. The molecule has 0 saturated heterocycles. The highest BCUT2D eigenvalue weighted by molar-refractivity contribution is 7.16. The molecule has 0 aliphatic heterocycles. The summed E-state index contributed by atoms with van der Waals surface area (Å²) in [6.45, 7) is 0.420. The Morgan fingerprint density at radius 2 is 1.96 bits per heavy atom. The van der Waals surface area contributed by atoms with Crippen LogP contribution in [0.1, 0.15) is 17.7 Å². The van der Waals surface area contributed by atoms with Crippen LogP contribution in [0.5, 0.6) is 0 Å². The number of benzene rings is 1. The van der Waals surface area contributed by atoms with E-state index in [4.69, 9.17) is 0 Å². The average molecular weight is 347 g/mol. The molecule has 1 aromatic carbocycles. The van der Waals surface area contributed by atoms with Crippen molar-refractivity contribution in [2.24, 2.45) is 0 Å². The van der Waals surface area contributed by atoms with Crippen LogP contribution in [0.15, 0.2) is 42.5 Å². The summed E-state index contributed by atoms with van der Waals surface area (Å²) in [4.78, 5) is 24.6.